The largest absolute Gasteiger partial charge is 0.411 e. The Hall–Kier alpha value is -1.62. The van der Waals surface area contributed by atoms with Gasteiger partial charge in [0, 0.05) is 37.9 Å². The summed E-state index contributed by atoms with van der Waals surface area (Å²) in [5.74, 6) is 1.04. The number of hydrogen-bond acceptors (Lipinski definition) is 5. The van der Waals surface area contributed by atoms with Gasteiger partial charge in [-0.15, -0.1) is 0 Å². The van der Waals surface area contributed by atoms with Crippen LogP contribution in [-0.4, -0.2) is 54.5 Å². The zero-order valence-corrected chi connectivity index (χ0v) is 10.3. The van der Waals surface area contributed by atoms with Crippen molar-refractivity contribution >= 4 is 12.0 Å². The number of likely N-dealkylation sites (N-methyl/N-ethyl adjacent to an activating group) is 1. The van der Waals surface area contributed by atoms with E-state index >= 15 is 0 Å². The summed E-state index contributed by atoms with van der Waals surface area (Å²) in [5, 5.41) is 11.5. The monoisotopic (exact) mass is 234 g/mol. The highest BCUT2D eigenvalue weighted by Crippen LogP contribution is 2.18. The summed E-state index contributed by atoms with van der Waals surface area (Å²) in [4.78, 5) is 9.07. The van der Waals surface area contributed by atoms with Gasteiger partial charge in [-0.1, -0.05) is 5.16 Å². The van der Waals surface area contributed by atoms with Crippen LogP contribution in [0.5, 0.6) is 0 Å². The van der Waals surface area contributed by atoms with Crippen LogP contribution >= 0.6 is 0 Å². The first kappa shape index (κ1) is 11.9. The third-order valence-corrected chi connectivity index (χ3v) is 3.08. The molecule has 1 saturated heterocycles. The second kappa shape index (κ2) is 5.14. The fourth-order valence-corrected chi connectivity index (χ4v) is 2.08. The quantitative estimate of drug-likeness (QED) is 0.470. The van der Waals surface area contributed by atoms with E-state index in [4.69, 9.17) is 5.21 Å². The van der Waals surface area contributed by atoms with Crippen LogP contribution in [-0.2, 0) is 0 Å². The smallest absolute Gasteiger partial charge is 0.131 e. The molecule has 92 valence electrons. The summed E-state index contributed by atoms with van der Waals surface area (Å²) in [6, 6.07) is 1.99. The molecular weight excluding hydrogens is 216 g/mol. The normalized spacial score (nSPS) is 17.9. The second-order valence-electron chi connectivity index (χ2n) is 4.44. The maximum Gasteiger partial charge on any atom is 0.131 e. The summed E-state index contributed by atoms with van der Waals surface area (Å²) in [6.07, 6.45) is 3.13. The lowest BCUT2D eigenvalue weighted by atomic mass is 10.2. The van der Waals surface area contributed by atoms with Crippen molar-refractivity contribution in [2.24, 2.45) is 5.16 Å². The third kappa shape index (κ3) is 2.74. The van der Waals surface area contributed by atoms with Crippen molar-refractivity contribution in [1.29, 1.82) is 0 Å². The van der Waals surface area contributed by atoms with Crippen LogP contribution in [0.4, 0.5) is 5.82 Å². The maximum absolute atomic E-state index is 8.48. The molecule has 1 aromatic rings. The van der Waals surface area contributed by atoms with Crippen molar-refractivity contribution in [2.45, 2.75) is 6.92 Å². The van der Waals surface area contributed by atoms with Gasteiger partial charge >= 0.3 is 0 Å². The summed E-state index contributed by atoms with van der Waals surface area (Å²) < 4.78 is 0. The highest BCUT2D eigenvalue weighted by molar-refractivity contribution is 5.79. The van der Waals surface area contributed by atoms with Crippen LogP contribution in [0.25, 0.3) is 0 Å². The van der Waals surface area contributed by atoms with E-state index in [1.807, 2.05) is 13.0 Å². The standard InChI is InChI=1S/C12H18N4O/c1-10-7-11(9-14-17)8-13-12(10)16-5-3-15(2)4-6-16/h7-9,17H,3-6H2,1-2H3/b14-9-. The number of aromatic nitrogens is 1. The fourth-order valence-electron chi connectivity index (χ4n) is 2.08. The van der Waals surface area contributed by atoms with Gasteiger partial charge in [-0.2, -0.15) is 0 Å². The van der Waals surface area contributed by atoms with Crippen molar-refractivity contribution in [1.82, 2.24) is 9.88 Å². The van der Waals surface area contributed by atoms with Gasteiger partial charge in [-0.25, -0.2) is 4.98 Å². The summed E-state index contributed by atoms with van der Waals surface area (Å²) in [7, 11) is 2.14. The Morgan fingerprint density at radius 3 is 2.65 bits per heavy atom. The minimum Gasteiger partial charge on any atom is -0.411 e. The highest BCUT2D eigenvalue weighted by Gasteiger charge is 2.16. The van der Waals surface area contributed by atoms with Gasteiger partial charge in [0.15, 0.2) is 0 Å². The zero-order valence-electron chi connectivity index (χ0n) is 10.3. The Labute approximate surface area is 101 Å². The summed E-state index contributed by atoms with van der Waals surface area (Å²) in [5.41, 5.74) is 1.94. The van der Waals surface area contributed by atoms with E-state index < -0.39 is 0 Å². The van der Waals surface area contributed by atoms with Gasteiger partial charge < -0.3 is 15.0 Å². The van der Waals surface area contributed by atoms with Crippen molar-refractivity contribution in [3.8, 4) is 0 Å². The number of piperazine rings is 1. The molecule has 0 aliphatic carbocycles. The van der Waals surface area contributed by atoms with Crippen molar-refractivity contribution in [3.05, 3.63) is 23.4 Å². The number of anilines is 1. The van der Waals surface area contributed by atoms with E-state index in [2.05, 4.69) is 27.0 Å². The van der Waals surface area contributed by atoms with E-state index in [0.717, 1.165) is 43.1 Å². The van der Waals surface area contributed by atoms with Crippen LogP contribution in [0.1, 0.15) is 11.1 Å². The molecule has 0 saturated carbocycles. The van der Waals surface area contributed by atoms with Gasteiger partial charge in [0.2, 0.25) is 0 Å². The predicted octanol–water partition coefficient (Wildman–Crippen LogP) is 0.950. The van der Waals surface area contributed by atoms with Crippen molar-refractivity contribution in [3.63, 3.8) is 0 Å². The Balaban J connectivity index is 2.16. The Morgan fingerprint density at radius 2 is 2.06 bits per heavy atom. The van der Waals surface area contributed by atoms with Gasteiger partial charge in [0.05, 0.1) is 6.21 Å². The van der Waals surface area contributed by atoms with E-state index in [-0.39, 0.29) is 0 Å². The Bertz CT molecular complexity index is 411. The summed E-state index contributed by atoms with van der Waals surface area (Å²) >= 11 is 0. The maximum atomic E-state index is 8.48. The van der Waals surface area contributed by atoms with E-state index in [9.17, 15) is 0 Å². The molecular formula is C12H18N4O. The molecule has 1 aromatic heterocycles. The number of aryl methyl sites for hydroxylation is 1. The molecule has 2 rings (SSSR count). The average molecular weight is 234 g/mol. The molecule has 0 amide bonds. The molecule has 0 radical (unpaired) electrons. The lowest BCUT2D eigenvalue weighted by Crippen LogP contribution is -2.45. The van der Waals surface area contributed by atoms with E-state index in [1.54, 1.807) is 6.20 Å². The van der Waals surface area contributed by atoms with Gasteiger partial charge in [0.25, 0.3) is 0 Å². The van der Waals surface area contributed by atoms with Crippen LogP contribution in [0.3, 0.4) is 0 Å². The third-order valence-electron chi connectivity index (χ3n) is 3.08. The molecule has 0 unspecified atom stereocenters. The molecule has 1 aliphatic rings. The van der Waals surface area contributed by atoms with E-state index in [1.165, 1.54) is 6.21 Å². The van der Waals surface area contributed by atoms with Gasteiger partial charge in [0.1, 0.15) is 5.82 Å². The number of oxime groups is 1. The van der Waals surface area contributed by atoms with Gasteiger partial charge in [-0.3, -0.25) is 0 Å². The van der Waals surface area contributed by atoms with E-state index in [0.29, 0.717) is 0 Å². The Kier molecular flexibility index (Phi) is 3.58. The first-order valence-corrected chi connectivity index (χ1v) is 5.78. The summed E-state index contributed by atoms with van der Waals surface area (Å²) in [6.45, 7) is 6.20. The first-order chi connectivity index (χ1) is 8.20. The van der Waals surface area contributed by atoms with Crippen molar-refractivity contribution in [2.75, 3.05) is 38.1 Å². The molecule has 5 heteroatoms. The lowest BCUT2D eigenvalue weighted by Gasteiger charge is -2.34. The molecule has 1 fully saturated rings. The first-order valence-electron chi connectivity index (χ1n) is 5.78. The Morgan fingerprint density at radius 1 is 1.35 bits per heavy atom. The van der Waals surface area contributed by atoms with Crippen molar-refractivity contribution < 1.29 is 5.21 Å². The van der Waals surface area contributed by atoms with Crippen LogP contribution in [0.2, 0.25) is 0 Å². The second-order valence-corrected chi connectivity index (χ2v) is 4.44. The van der Waals surface area contributed by atoms with Gasteiger partial charge in [-0.05, 0) is 25.6 Å². The molecule has 5 nitrogen and oxygen atoms in total. The molecule has 0 atom stereocenters. The molecule has 17 heavy (non-hydrogen) atoms. The van der Waals surface area contributed by atoms with Crippen LogP contribution < -0.4 is 4.90 Å². The van der Waals surface area contributed by atoms with Crippen LogP contribution in [0, 0.1) is 6.92 Å². The number of pyridine rings is 1. The molecule has 1 aliphatic heterocycles. The topological polar surface area (TPSA) is 52.0 Å². The SMILES string of the molecule is Cc1cc(/C=N\O)cnc1N1CCN(C)CC1. The minimum atomic E-state index is 0.822. The molecule has 0 spiro atoms. The average Bonchev–Trinajstić information content (AvgIpc) is 2.31. The number of rotatable bonds is 2. The highest BCUT2D eigenvalue weighted by atomic mass is 16.4. The molecule has 1 N–H and O–H groups in total. The minimum absolute atomic E-state index is 0.822. The fraction of sp³-hybridized carbons (Fsp3) is 0.500. The van der Waals surface area contributed by atoms with Crippen LogP contribution in [0.15, 0.2) is 17.4 Å². The molecule has 0 aromatic carbocycles. The molecule has 0 bridgehead atoms. The number of hydrogen-bond donors (Lipinski definition) is 1. The lowest BCUT2D eigenvalue weighted by molar-refractivity contribution is 0.312. The predicted molar refractivity (Wildman–Crippen MR) is 68.1 cm³/mol. The molecule has 2 heterocycles. The number of nitrogens with zero attached hydrogens (tertiary/aromatic N) is 4. The zero-order chi connectivity index (χ0) is 12.3.